The summed E-state index contributed by atoms with van der Waals surface area (Å²) in [5.74, 6) is 0.835. The first kappa shape index (κ1) is 15.8. The van der Waals surface area contributed by atoms with E-state index in [2.05, 4.69) is 24.8 Å². The Bertz CT molecular complexity index is 706. The number of piperazine rings is 1. The maximum absolute atomic E-state index is 12.4. The Hall–Kier alpha value is -2.70. The summed E-state index contributed by atoms with van der Waals surface area (Å²) in [6.07, 6.45) is 7.56. The predicted octanol–water partition coefficient (Wildman–Crippen LogP) is 1.43. The maximum atomic E-state index is 12.4. The van der Waals surface area contributed by atoms with E-state index in [1.807, 2.05) is 29.3 Å². The van der Waals surface area contributed by atoms with Gasteiger partial charge in [0, 0.05) is 51.7 Å². The molecule has 0 spiro atoms. The molecule has 7 nitrogen and oxygen atoms in total. The lowest BCUT2D eigenvalue weighted by Gasteiger charge is -2.35. The molecule has 1 amide bonds. The van der Waals surface area contributed by atoms with Crippen molar-refractivity contribution in [3.63, 3.8) is 0 Å². The van der Waals surface area contributed by atoms with Crippen LogP contribution in [0, 0.1) is 0 Å². The van der Waals surface area contributed by atoms with Gasteiger partial charge < -0.3 is 14.7 Å². The van der Waals surface area contributed by atoms with Gasteiger partial charge in [0.1, 0.15) is 5.69 Å². The Labute approximate surface area is 147 Å². The molecular weight excluding hydrogens is 316 g/mol. The third-order valence-electron chi connectivity index (χ3n) is 4.84. The number of rotatable bonds is 3. The Kier molecular flexibility index (Phi) is 4.45. The van der Waals surface area contributed by atoms with E-state index >= 15 is 0 Å². The van der Waals surface area contributed by atoms with Crippen LogP contribution in [0.3, 0.4) is 0 Å². The van der Waals surface area contributed by atoms with Crippen LogP contribution in [0.5, 0.6) is 0 Å². The second kappa shape index (κ2) is 7.04. The molecule has 2 aliphatic heterocycles. The second-order valence-corrected chi connectivity index (χ2v) is 6.42. The lowest BCUT2D eigenvalue weighted by molar-refractivity contribution is 0.0787. The lowest BCUT2D eigenvalue weighted by Crippen LogP contribution is -2.47. The van der Waals surface area contributed by atoms with Crippen molar-refractivity contribution >= 4 is 17.5 Å². The first-order chi connectivity index (χ1) is 12.3. The SMILES string of the molecule is O=C(c1ccc(N2CCN(c3ncccn3)CC2)cn1)N1CCCC1. The minimum absolute atomic E-state index is 0.0510. The smallest absolute Gasteiger partial charge is 0.272 e. The Morgan fingerprint density at radius 1 is 0.840 bits per heavy atom. The quantitative estimate of drug-likeness (QED) is 0.844. The molecule has 2 aliphatic rings. The zero-order valence-electron chi connectivity index (χ0n) is 14.2. The van der Waals surface area contributed by atoms with Crippen molar-refractivity contribution in [1.82, 2.24) is 19.9 Å². The number of hydrogen-bond donors (Lipinski definition) is 0. The van der Waals surface area contributed by atoms with Crippen LogP contribution < -0.4 is 9.80 Å². The highest BCUT2D eigenvalue weighted by atomic mass is 16.2. The fourth-order valence-corrected chi connectivity index (χ4v) is 3.40. The highest BCUT2D eigenvalue weighted by Crippen LogP contribution is 2.19. The third-order valence-corrected chi connectivity index (χ3v) is 4.84. The third kappa shape index (κ3) is 3.40. The van der Waals surface area contributed by atoms with Crippen molar-refractivity contribution in [2.75, 3.05) is 49.1 Å². The molecule has 0 N–H and O–H groups in total. The van der Waals surface area contributed by atoms with Crippen LogP contribution in [0.4, 0.5) is 11.6 Å². The fourth-order valence-electron chi connectivity index (χ4n) is 3.40. The largest absolute Gasteiger partial charge is 0.367 e. The molecule has 2 aromatic heterocycles. The van der Waals surface area contributed by atoms with Gasteiger partial charge in [-0.15, -0.1) is 0 Å². The van der Waals surface area contributed by atoms with Crippen molar-refractivity contribution in [3.8, 4) is 0 Å². The number of likely N-dealkylation sites (tertiary alicyclic amines) is 1. The van der Waals surface area contributed by atoms with Gasteiger partial charge in [0.2, 0.25) is 5.95 Å². The summed E-state index contributed by atoms with van der Waals surface area (Å²) >= 11 is 0. The minimum atomic E-state index is 0.0510. The van der Waals surface area contributed by atoms with Gasteiger partial charge >= 0.3 is 0 Å². The molecule has 2 fully saturated rings. The lowest BCUT2D eigenvalue weighted by atomic mass is 10.2. The van der Waals surface area contributed by atoms with E-state index < -0.39 is 0 Å². The molecule has 0 aliphatic carbocycles. The number of anilines is 2. The summed E-state index contributed by atoms with van der Waals surface area (Å²) in [6, 6.07) is 5.68. The highest BCUT2D eigenvalue weighted by Gasteiger charge is 2.22. The van der Waals surface area contributed by atoms with Crippen molar-refractivity contribution in [1.29, 1.82) is 0 Å². The van der Waals surface area contributed by atoms with Crippen LogP contribution in [0.1, 0.15) is 23.3 Å². The fraction of sp³-hybridized carbons (Fsp3) is 0.444. The number of hydrogen-bond acceptors (Lipinski definition) is 6. The Morgan fingerprint density at radius 2 is 1.52 bits per heavy atom. The zero-order valence-corrected chi connectivity index (χ0v) is 14.2. The number of pyridine rings is 1. The molecule has 2 saturated heterocycles. The van der Waals surface area contributed by atoms with Crippen molar-refractivity contribution in [3.05, 3.63) is 42.5 Å². The van der Waals surface area contributed by atoms with Crippen LogP contribution in [0.2, 0.25) is 0 Å². The van der Waals surface area contributed by atoms with Gasteiger partial charge in [0.15, 0.2) is 0 Å². The van der Waals surface area contributed by atoms with Gasteiger partial charge in [-0.1, -0.05) is 0 Å². The topological polar surface area (TPSA) is 65.5 Å². The van der Waals surface area contributed by atoms with Gasteiger partial charge in [-0.25, -0.2) is 15.0 Å². The standard InChI is InChI=1S/C18H22N6O/c25-17(23-8-1-2-9-23)16-5-4-15(14-21-16)22-10-12-24(13-11-22)18-19-6-3-7-20-18/h3-7,14H,1-2,8-13H2. The molecular formula is C18H22N6O. The molecule has 7 heteroatoms. The molecule has 0 bridgehead atoms. The molecule has 2 aromatic rings. The van der Waals surface area contributed by atoms with Gasteiger partial charge in [0.25, 0.3) is 5.91 Å². The monoisotopic (exact) mass is 338 g/mol. The first-order valence-corrected chi connectivity index (χ1v) is 8.83. The van der Waals surface area contributed by atoms with Gasteiger partial charge in [-0.2, -0.15) is 0 Å². The van der Waals surface area contributed by atoms with E-state index in [0.29, 0.717) is 5.69 Å². The van der Waals surface area contributed by atoms with E-state index in [9.17, 15) is 4.79 Å². The average molecular weight is 338 g/mol. The Balaban J connectivity index is 1.37. The van der Waals surface area contributed by atoms with Crippen LogP contribution >= 0.6 is 0 Å². The Morgan fingerprint density at radius 3 is 2.16 bits per heavy atom. The number of amides is 1. The summed E-state index contributed by atoms with van der Waals surface area (Å²) in [5.41, 5.74) is 1.61. The first-order valence-electron chi connectivity index (χ1n) is 8.83. The van der Waals surface area contributed by atoms with Crippen LogP contribution in [0.25, 0.3) is 0 Å². The average Bonchev–Trinajstić information content (AvgIpc) is 3.23. The van der Waals surface area contributed by atoms with Gasteiger partial charge in [0.05, 0.1) is 11.9 Å². The predicted molar refractivity (Wildman–Crippen MR) is 95.8 cm³/mol. The van der Waals surface area contributed by atoms with Crippen LogP contribution in [0.15, 0.2) is 36.8 Å². The van der Waals surface area contributed by atoms with E-state index in [1.54, 1.807) is 12.4 Å². The summed E-state index contributed by atoms with van der Waals surface area (Å²) in [4.78, 5) is 31.8. The summed E-state index contributed by atoms with van der Waals surface area (Å²) in [6.45, 7) is 5.23. The van der Waals surface area contributed by atoms with Crippen LogP contribution in [-0.4, -0.2) is 65.0 Å². The van der Waals surface area contributed by atoms with Gasteiger partial charge in [-0.05, 0) is 31.0 Å². The molecule has 25 heavy (non-hydrogen) atoms. The molecule has 0 atom stereocenters. The van der Waals surface area contributed by atoms with E-state index in [0.717, 1.165) is 63.7 Å². The number of nitrogens with zero attached hydrogens (tertiary/aromatic N) is 6. The summed E-state index contributed by atoms with van der Waals surface area (Å²) < 4.78 is 0. The highest BCUT2D eigenvalue weighted by molar-refractivity contribution is 5.92. The molecule has 0 saturated carbocycles. The number of aromatic nitrogens is 3. The second-order valence-electron chi connectivity index (χ2n) is 6.42. The van der Waals surface area contributed by atoms with Crippen molar-refractivity contribution < 1.29 is 4.79 Å². The molecule has 0 unspecified atom stereocenters. The van der Waals surface area contributed by atoms with Gasteiger partial charge in [-0.3, -0.25) is 4.79 Å². The molecule has 130 valence electrons. The number of carbonyl (C=O) groups excluding carboxylic acids is 1. The van der Waals surface area contributed by atoms with E-state index in [1.165, 1.54) is 0 Å². The maximum Gasteiger partial charge on any atom is 0.272 e. The molecule has 0 radical (unpaired) electrons. The molecule has 4 rings (SSSR count). The minimum Gasteiger partial charge on any atom is -0.367 e. The molecule has 4 heterocycles. The number of carbonyl (C=O) groups is 1. The normalized spacial score (nSPS) is 17.8. The van der Waals surface area contributed by atoms with Crippen molar-refractivity contribution in [2.24, 2.45) is 0 Å². The van der Waals surface area contributed by atoms with Crippen LogP contribution in [-0.2, 0) is 0 Å². The zero-order chi connectivity index (χ0) is 17.1. The summed E-state index contributed by atoms with van der Waals surface area (Å²) in [5, 5.41) is 0. The van der Waals surface area contributed by atoms with E-state index in [4.69, 9.17) is 0 Å². The van der Waals surface area contributed by atoms with E-state index in [-0.39, 0.29) is 5.91 Å². The molecule has 0 aromatic carbocycles. The summed E-state index contributed by atoms with van der Waals surface area (Å²) in [7, 11) is 0. The van der Waals surface area contributed by atoms with Crippen molar-refractivity contribution in [2.45, 2.75) is 12.8 Å².